The Bertz CT molecular complexity index is 814. The zero-order chi connectivity index (χ0) is 21.4. The van der Waals surface area contributed by atoms with Crippen LogP contribution in [0, 0.1) is 13.8 Å². The minimum atomic E-state index is -0.773. The van der Waals surface area contributed by atoms with Crippen molar-refractivity contribution in [3.05, 3.63) is 64.7 Å². The monoisotopic (exact) mass is 397 g/mol. The van der Waals surface area contributed by atoms with Crippen LogP contribution in [0.1, 0.15) is 35.6 Å². The Hall–Kier alpha value is -2.86. The molecule has 0 spiro atoms. The maximum Gasteiger partial charge on any atom is 0.242 e. The van der Waals surface area contributed by atoms with Gasteiger partial charge in [-0.05, 0) is 74.4 Å². The summed E-state index contributed by atoms with van der Waals surface area (Å²) in [5.41, 5.74) is 9.99. The Morgan fingerprint density at radius 1 is 1.07 bits per heavy atom. The molecule has 0 saturated heterocycles. The lowest BCUT2D eigenvalue weighted by Crippen LogP contribution is -2.51. The number of phenolic OH excluding ortho intramolecular Hbond substituents is 1. The van der Waals surface area contributed by atoms with E-state index in [-0.39, 0.29) is 17.6 Å². The van der Waals surface area contributed by atoms with Gasteiger partial charge in [-0.25, -0.2) is 0 Å². The minimum absolute atomic E-state index is 0.194. The van der Waals surface area contributed by atoms with E-state index in [0.29, 0.717) is 13.0 Å². The molecule has 6 heteroatoms. The van der Waals surface area contributed by atoms with Crippen LogP contribution >= 0.6 is 0 Å². The number of rotatable bonds is 9. The summed E-state index contributed by atoms with van der Waals surface area (Å²) in [5.74, 6) is -0.404. The van der Waals surface area contributed by atoms with Crippen LogP contribution in [0.5, 0.6) is 5.75 Å². The second-order valence-corrected chi connectivity index (χ2v) is 7.48. The predicted molar refractivity (Wildman–Crippen MR) is 115 cm³/mol. The molecule has 0 saturated carbocycles. The van der Waals surface area contributed by atoms with Crippen LogP contribution in [0.2, 0.25) is 0 Å². The van der Waals surface area contributed by atoms with Crippen molar-refractivity contribution in [3.8, 4) is 5.75 Å². The van der Waals surface area contributed by atoms with Crippen molar-refractivity contribution < 1.29 is 14.7 Å². The van der Waals surface area contributed by atoms with E-state index in [1.807, 2.05) is 32.0 Å². The average molecular weight is 398 g/mol. The highest BCUT2D eigenvalue weighted by Gasteiger charge is 2.21. The molecular weight excluding hydrogens is 366 g/mol. The van der Waals surface area contributed by atoms with Crippen LogP contribution in [0.25, 0.3) is 0 Å². The first-order valence-electron chi connectivity index (χ1n) is 9.94. The molecule has 2 rings (SSSR count). The summed E-state index contributed by atoms with van der Waals surface area (Å²) in [6.07, 6.45) is 2.06. The van der Waals surface area contributed by atoms with Gasteiger partial charge in [0.15, 0.2) is 0 Å². The van der Waals surface area contributed by atoms with Gasteiger partial charge in [0.25, 0.3) is 0 Å². The van der Waals surface area contributed by atoms with Gasteiger partial charge in [-0.3, -0.25) is 9.59 Å². The molecule has 156 valence electrons. The zero-order valence-corrected chi connectivity index (χ0v) is 17.4. The molecule has 2 amide bonds. The average Bonchev–Trinajstić information content (AvgIpc) is 2.68. The molecule has 0 bridgehead atoms. The quantitative estimate of drug-likeness (QED) is 0.487. The van der Waals surface area contributed by atoms with Crippen LogP contribution < -0.4 is 16.4 Å². The number of amides is 2. The zero-order valence-electron chi connectivity index (χ0n) is 17.4. The number of carbonyl (C=O) groups is 2. The number of aromatic hydroxyl groups is 1. The third-order valence-corrected chi connectivity index (χ3v) is 4.98. The van der Waals surface area contributed by atoms with Crippen molar-refractivity contribution in [1.29, 1.82) is 0 Å². The smallest absolute Gasteiger partial charge is 0.242 e. The highest BCUT2D eigenvalue weighted by molar-refractivity contribution is 5.89. The second-order valence-electron chi connectivity index (χ2n) is 7.48. The summed E-state index contributed by atoms with van der Waals surface area (Å²) in [5, 5.41) is 15.2. The summed E-state index contributed by atoms with van der Waals surface area (Å²) >= 11 is 0. The molecule has 6 nitrogen and oxygen atoms in total. The van der Waals surface area contributed by atoms with Gasteiger partial charge in [-0.15, -0.1) is 0 Å². The molecule has 1 unspecified atom stereocenters. The first-order valence-corrected chi connectivity index (χ1v) is 9.94. The number of nitrogens with one attached hydrogen (secondary N) is 2. The summed E-state index contributed by atoms with van der Waals surface area (Å²) < 4.78 is 0. The van der Waals surface area contributed by atoms with Crippen molar-refractivity contribution in [2.45, 2.75) is 52.1 Å². The third kappa shape index (κ3) is 6.91. The molecule has 2 aromatic carbocycles. The summed E-state index contributed by atoms with van der Waals surface area (Å²) in [7, 11) is 0. The number of carbonyl (C=O) groups excluding carboxylic acids is 2. The number of benzene rings is 2. The van der Waals surface area contributed by atoms with E-state index in [1.54, 1.807) is 19.1 Å². The van der Waals surface area contributed by atoms with Gasteiger partial charge in [0.1, 0.15) is 11.8 Å². The van der Waals surface area contributed by atoms with E-state index in [2.05, 4.69) is 22.8 Å². The molecule has 0 aliphatic heterocycles. The van der Waals surface area contributed by atoms with E-state index in [0.717, 1.165) is 29.5 Å². The number of aryl methyl sites for hydroxylation is 3. The van der Waals surface area contributed by atoms with Gasteiger partial charge >= 0.3 is 0 Å². The lowest BCUT2D eigenvalue weighted by atomic mass is 9.96. The van der Waals surface area contributed by atoms with E-state index < -0.39 is 12.1 Å². The van der Waals surface area contributed by atoms with Crippen molar-refractivity contribution in [1.82, 2.24) is 10.6 Å². The lowest BCUT2D eigenvalue weighted by molar-refractivity contribution is -0.129. The first kappa shape index (κ1) is 22.4. The molecule has 2 atom stereocenters. The van der Waals surface area contributed by atoms with Gasteiger partial charge in [0.05, 0.1) is 6.04 Å². The van der Waals surface area contributed by atoms with E-state index in [1.165, 1.54) is 5.56 Å². The van der Waals surface area contributed by atoms with E-state index >= 15 is 0 Å². The van der Waals surface area contributed by atoms with Gasteiger partial charge in [-0.1, -0.05) is 30.3 Å². The van der Waals surface area contributed by atoms with Crippen molar-refractivity contribution in [2.75, 3.05) is 6.54 Å². The topological polar surface area (TPSA) is 104 Å². The van der Waals surface area contributed by atoms with E-state index in [4.69, 9.17) is 5.73 Å². The Kier molecular flexibility index (Phi) is 8.21. The molecule has 0 fully saturated rings. The Balaban J connectivity index is 1.77. The first-order chi connectivity index (χ1) is 13.8. The second kappa shape index (κ2) is 10.6. The number of hydrogen-bond donors (Lipinski definition) is 4. The largest absolute Gasteiger partial charge is 0.508 e. The summed E-state index contributed by atoms with van der Waals surface area (Å²) in [6.45, 7) is 5.94. The lowest BCUT2D eigenvalue weighted by Gasteiger charge is -2.19. The molecule has 2 aromatic rings. The van der Waals surface area contributed by atoms with Crippen LogP contribution in [0.15, 0.2) is 42.5 Å². The Morgan fingerprint density at radius 2 is 1.69 bits per heavy atom. The van der Waals surface area contributed by atoms with Crippen LogP contribution in [-0.4, -0.2) is 35.5 Å². The highest BCUT2D eigenvalue weighted by Crippen LogP contribution is 2.21. The molecular formula is C23H31N3O3. The standard InChI is InChI=1S/C23H31N3O3/c1-15-12-19(27)13-16(2)20(15)14-21(24)23(29)26-17(3)22(28)25-11-7-10-18-8-5-4-6-9-18/h4-6,8-9,12-13,17,21,27H,7,10-11,14,24H2,1-3H3,(H,25,28)(H,26,29)/t17-,21?/m1/s1. The predicted octanol–water partition coefficient (Wildman–Crippen LogP) is 2.13. The minimum Gasteiger partial charge on any atom is -0.508 e. The van der Waals surface area contributed by atoms with Crippen molar-refractivity contribution in [3.63, 3.8) is 0 Å². The maximum atomic E-state index is 12.4. The molecule has 0 aliphatic carbocycles. The van der Waals surface area contributed by atoms with Crippen LogP contribution in [0.3, 0.4) is 0 Å². The fourth-order valence-electron chi connectivity index (χ4n) is 3.29. The summed E-state index contributed by atoms with van der Waals surface area (Å²) in [6, 6.07) is 12.0. The van der Waals surface area contributed by atoms with Crippen molar-refractivity contribution in [2.24, 2.45) is 5.73 Å². The molecule has 5 N–H and O–H groups in total. The fraction of sp³-hybridized carbons (Fsp3) is 0.391. The third-order valence-electron chi connectivity index (χ3n) is 4.98. The fourth-order valence-corrected chi connectivity index (χ4v) is 3.29. The Labute approximate surface area is 172 Å². The van der Waals surface area contributed by atoms with Gasteiger partial charge in [0, 0.05) is 6.54 Å². The number of nitrogens with two attached hydrogens (primary N) is 1. The van der Waals surface area contributed by atoms with Gasteiger partial charge < -0.3 is 21.5 Å². The van der Waals surface area contributed by atoms with E-state index in [9.17, 15) is 14.7 Å². The van der Waals surface area contributed by atoms with Gasteiger partial charge in [0.2, 0.25) is 11.8 Å². The van der Waals surface area contributed by atoms with Crippen LogP contribution in [-0.2, 0) is 22.4 Å². The van der Waals surface area contributed by atoms with Crippen molar-refractivity contribution >= 4 is 11.8 Å². The normalized spacial score (nSPS) is 12.8. The molecule has 0 aromatic heterocycles. The molecule has 29 heavy (non-hydrogen) atoms. The van der Waals surface area contributed by atoms with Crippen LogP contribution in [0.4, 0.5) is 0 Å². The Morgan fingerprint density at radius 3 is 2.31 bits per heavy atom. The number of phenols is 1. The maximum absolute atomic E-state index is 12.4. The molecule has 0 heterocycles. The molecule has 0 aliphatic rings. The highest BCUT2D eigenvalue weighted by atomic mass is 16.3. The summed E-state index contributed by atoms with van der Waals surface area (Å²) in [4.78, 5) is 24.6. The molecule has 0 radical (unpaired) electrons. The van der Waals surface area contributed by atoms with Gasteiger partial charge in [-0.2, -0.15) is 0 Å². The SMILES string of the molecule is Cc1cc(O)cc(C)c1CC(N)C(=O)N[C@H](C)C(=O)NCCCc1ccccc1. The number of hydrogen-bond acceptors (Lipinski definition) is 4.